The monoisotopic (exact) mass is 264 g/mol. The second kappa shape index (κ2) is 6.17. The van der Waals surface area contributed by atoms with Crippen LogP contribution in [0.5, 0.6) is 5.75 Å². The summed E-state index contributed by atoms with van der Waals surface area (Å²) >= 11 is 0. The molecule has 0 atom stereocenters. The molecule has 0 unspecified atom stereocenters. The van der Waals surface area contributed by atoms with Crippen LogP contribution in [0.25, 0.3) is 0 Å². The summed E-state index contributed by atoms with van der Waals surface area (Å²) in [5.41, 5.74) is 0.0358. The van der Waals surface area contributed by atoms with Gasteiger partial charge < -0.3 is 15.2 Å². The van der Waals surface area contributed by atoms with Crippen LogP contribution >= 0.6 is 0 Å². The Morgan fingerprint density at radius 2 is 2.11 bits per heavy atom. The number of ether oxygens (including phenoxy) is 1. The Balaban J connectivity index is 1.82. The Labute approximate surface area is 110 Å². The van der Waals surface area contributed by atoms with Gasteiger partial charge in [-0.05, 0) is 18.9 Å². The van der Waals surface area contributed by atoms with Crippen LogP contribution in [-0.2, 0) is 4.79 Å². The molecule has 0 spiro atoms. The summed E-state index contributed by atoms with van der Waals surface area (Å²) in [5, 5.41) is 11.7. The number of carbonyl (C=O) groups is 2. The van der Waals surface area contributed by atoms with Gasteiger partial charge in [0.1, 0.15) is 5.75 Å². The van der Waals surface area contributed by atoms with Crippen molar-refractivity contribution in [2.24, 2.45) is 0 Å². The molecule has 2 rings (SSSR count). The lowest BCUT2D eigenvalue weighted by Crippen LogP contribution is -2.36. The third-order valence-electron chi connectivity index (χ3n) is 3.05. The highest BCUT2D eigenvalue weighted by atomic mass is 16.5. The van der Waals surface area contributed by atoms with E-state index in [-0.39, 0.29) is 29.9 Å². The first kappa shape index (κ1) is 13.3. The van der Waals surface area contributed by atoms with Crippen LogP contribution < -0.4 is 10.1 Å². The van der Waals surface area contributed by atoms with Crippen molar-refractivity contribution in [2.45, 2.75) is 31.7 Å². The predicted octanol–water partition coefficient (Wildman–Crippen LogP) is 1.22. The molecule has 0 aromatic carbocycles. The number of rotatable bonds is 5. The number of carboxylic acid groups (broad SMARTS) is 1. The molecule has 1 aromatic heterocycles. The SMILES string of the molecule is O=C(COc1cncc(C(=O)O)c1)NC1CCCC1. The number of pyridine rings is 1. The van der Waals surface area contributed by atoms with Crippen molar-refractivity contribution in [2.75, 3.05) is 6.61 Å². The molecule has 0 radical (unpaired) electrons. The van der Waals surface area contributed by atoms with Gasteiger partial charge in [0.15, 0.2) is 6.61 Å². The van der Waals surface area contributed by atoms with E-state index < -0.39 is 5.97 Å². The van der Waals surface area contributed by atoms with Crippen molar-refractivity contribution in [3.8, 4) is 5.75 Å². The summed E-state index contributed by atoms with van der Waals surface area (Å²) in [6, 6.07) is 1.60. The predicted molar refractivity (Wildman–Crippen MR) is 67.1 cm³/mol. The molecule has 0 aliphatic heterocycles. The van der Waals surface area contributed by atoms with Gasteiger partial charge in [-0.2, -0.15) is 0 Å². The summed E-state index contributed by atoms with van der Waals surface area (Å²) in [6.07, 6.45) is 6.94. The number of aromatic carboxylic acids is 1. The first-order valence-corrected chi connectivity index (χ1v) is 6.25. The van der Waals surface area contributed by atoms with Crippen molar-refractivity contribution in [1.29, 1.82) is 0 Å². The summed E-state index contributed by atoms with van der Waals surface area (Å²) in [4.78, 5) is 26.1. The molecule has 1 aromatic rings. The lowest BCUT2D eigenvalue weighted by atomic mass is 10.2. The van der Waals surface area contributed by atoms with Gasteiger partial charge >= 0.3 is 5.97 Å². The van der Waals surface area contributed by atoms with Crippen LogP contribution in [0.1, 0.15) is 36.0 Å². The zero-order valence-electron chi connectivity index (χ0n) is 10.5. The molecule has 6 nitrogen and oxygen atoms in total. The highest BCUT2D eigenvalue weighted by molar-refractivity contribution is 5.87. The summed E-state index contributed by atoms with van der Waals surface area (Å²) in [5.74, 6) is -0.984. The molecule has 19 heavy (non-hydrogen) atoms. The second-order valence-electron chi connectivity index (χ2n) is 4.55. The molecule has 102 valence electrons. The molecule has 1 amide bonds. The van der Waals surface area contributed by atoms with Crippen LogP contribution in [-0.4, -0.2) is 34.6 Å². The van der Waals surface area contributed by atoms with Crippen molar-refractivity contribution >= 4 is 11.9 Å². The van der Waals surface area contributed by atoms with Crippen LogP contribution in [0, 0.1) is 0 Å². The van der Waals surface area contributed by atoms with E-state index in [0.29, 0.717) is 0 Å². The first-order valence-electron chi connectivity index (χ1n) is 6.25. The van der Waals surface area contributed by atoms with Crippen LogP contribution in [0.2, 0.25) is 0 Å². The Bertz CT molecular complexity index is 469. The van der Waals surface area contributed by atoms with Crippen molar-refractivity contribution in [1.82, 2.24) is 10.3 Å². The van der Waals surface area contributed by atoms with Crippen molar-refractivity contribution in [3.05, 3.63) is 24.0 Å². The van der Waals surface area contributed by atoms with E-state index in [1.165, 1.54) is 18.5 Å². The molecule has 1 aliphatic carbocycles. The van der Waals surface area contributed by atoms with Gasteiger partial charge in [-0.25, -0.2) is 4.79 Å². The van der Waals surface area contributed by atoms with Crippen molar-refractivity contribution < 1.29 is 19.4 Å². The lowest BCUT2D eigenvalue weighted by molar-refractivity contribution is -0.123. The van der Waals surface area contributed by atoms with E-state index in [1.807, 2.05) is 0 Å². The van der Waals surface area contributed by atoms with Crippen LogP contribution in [0.3, 0.4) is 0 Å². The maximum absolute atomic E-state index is 11.6. The quantitative estimate of drug-likeness (QED) is 0.834. The molecule has 2 N–H and O–H groups in total. The third-order valence-corrected chi connectivity index (χ3v) is 3.05. The molecule has 1 fully saturated rings. The van der Waals surface area contributed by atoms with Gasteiger partial charge in [0.25, 0.3) is 5.91 Å². The maximum atomic E-state index is 11.6. The number of amides is 1. The fourth-order valence-electron chi connectivity index (χ4n) is 2.10. The summed E-state index contributed by atoms with van der Waals surface area (Å²) < 4.78 is 5.23. The average Bonchev–Trinajstić information content (AvgIpc) is 2.89. The fourth-order valence-corrected chi connectivity index (χ4v) is 2.10. The first-order chi connectivity index (χ1) is 9.15. The van der Waals surface area contributed by atoms with E-state index in [1.54, 1.807) is 0 Å². The Morgan fingerprint density at radius 1 is 1.37 bits per heavy atom. The minimum atomic E-state index is -1.08. The van der Waals surface area contributed by atoms with E-state index in [9.17, 15) is 9.59 Å². The maximum Gasteiger partial charge on any atom is 0.337 e. The number of hydrogen-bond donors (Lipinski definition) is 2. The lowest BCUT2D eigenvalue weighted by Gasteiger charge is -2.12. The molecular weight excluding hydrogens is 248 g/mol. The van der Waals surface area contributed by atoms with Gasteiger partial charge in [0, 0.05) is 12.2 Å². The minimum Gasteiger partial charge on any atom is -0.482 e. The van der Waals surface area contributed by atoms with E-state index >= 15 is 0 Å². The number of nitrogens with one attached hydrogen (secondary N) is 1. The normalized spacial score (nSPS) is 15.2. The number of hydrogen-bond acceptors (Lipinski definition) is 4. The summed E-state index contributed by atoms with van der Waals surface area (Å²) in [7, 11) is 0. The highest BCUT2D eigenvalue weighted by Crippen LogP contribution is 2.17. The smallest absolute Gasteiger partial charge is 0.337 e. The Morgan fingerprint density at radius 3 is 2.79 bits per heavy atom. The molecule has 0 bridgehead atoms. The van der Waals surface area contributed by atoms with E-state index in [4.69, 9.17) is 9.84 Å². The van der Waals surface area contributed by atoms with Gasteiger partial charge in [-0.1, -0.05) is 12.8 Å². The number of nitrogens with zero attached hydrogens (tertiary/aromatic N) is 1. The standard InChI is InChI=1S/C13H16N2O4/c16-12(15-10-3-1-2-4-10)8-19-11-5-9(13(17)18)6-14-7-11/h5-7,10H,1-4,8H2,(H,15,16)(H,17,18). The largest absolute Gasteiger partial charge is 0.482 e. The van der Waals surface area contributed by atoms with Gasteiger partial charge in [0.05, 0.1) is 11.8 Å². The zero-order valence-corrected chi connectivity index (χ0v) is 10.5. The Kier molecular flexibility index (Phi) is 4.33. The molecule has 1 saturated carbocycles. The molecule has 1 heterocycles. The summed E-state index contributed by atoms with van der Waals surface area (Å²) in [6.45, 7) is -0.124. The second-order valence-corrected chi connectivity index (χ2v) is 4.55. The van der Waals surface area contributed by atoms with Gasteiger partial charge in [-0.15, -0.1) is 0 Å². The average molecular weight is 264 g/mol. The van der Waals surface area contributed by atoms with Gasteiger partial charge in [-0.3, -0.25) is 9.78 Å². The topological polar surface area (TPSA) is 88.5 Å². The highest BCUT2D eigenvalue weighted by Gasteiger charge is 2.17. The number of carbonyl (C=O) groups excluding carboxylic acids is 1. The molecule has 6 heteroatoms. The molecule has 1 aliphatic rings. The zero-order chi connectivity index (χ0) is 13.7. The van der Waals surface area contributed by atoms with E-state index in [0.717, 1.165) is 25.7 Å². The third kappa shape index (κ3) is 3.94. The van der Waals surface area contributed by atoms with Crippen LogP contribution in [0.15, 0.2) is 18.5 Å². The van der Waals surface area contributed by atoms with Crippen LogP contribution in [0.4, 0.5) is 0 Å². The van der Waals surface area contributed by atoms with E-state index in [2.05, 4.69) is 10.3 Å². The van der Waals surface area contributed by atoms with Crippen molar-refractivity contribution in [3.63, 3.8) is 0 Å². The molecule has 0 saturated heterocycles. The fraction of sp³-hybridized carbons (Fsp3) is 0.462. The minimum absolute atomic E-state index is 0.0358. The Hall–Kier alpha value is -2.11. The number of carboxylic acids is 1. The molecular formula is C13H16N2O4. The number of aromatic nitrogens is 1. The van der Waals surface area contributed by atoms with Gasteiger partial charge in [0.2, 0.25) is 0 Å².